The zero-order valence-corrected chi connectivity index (χ0v) is 14.8. The Bertz CT molecular complexity index is 917. The minimum absolute atomic E-state index is 0.0335. The van der Waals surface area contributed by atoms with Gasteiger partial charge >= 0.3 is 0 Å². The highest BCUT2D eigenvalue weighted by molar-refractivity contribution is 7.89. The summed E-state index contributed by atoms with van der Waals surface area (Å²) in [5.74, 6) is -0.448. The number of anilines is 1. The summed E-state index contributed by atoms with van der Waals surface area (Å²) in [6, 6.07) is 14.1. The second kappa shape index (κ2) is 7.92. The van der Waals surface area contributed by atoms with Gasteiger partial charge in [0.1, 0.15) is 0 Å². The van der Waals surface area contributed by atoms with Crippen molar-refractivity contribution in [3.63, 3.8) is 0 Å². The Labute approximate surface area is 147 Å². The van der Waals surface area contributed by atoms with E-state index in [9.17, 15) is 13.2 Å². The van der Waals surface area contributed by atoms with Gasteiger partial charge in [0, 0.05) is 17.3 Å². The number of hydrogen-bond acceptors (Lipinski definition) is 4. The third-order valence-electron chi connectivity index (χ3n) is 3.62. The Hall–Kier alpha value is -2.69. The molecule has 1 unspecified atom stereocenters. The fraction of sp³-hybridized carbons (Fsp3) is 0.222. The van der Waals surface area contributed by atoms with Crippen molar-refractivity contribution >= 4 is 21.6 Å². The van der Waals surface area contributed by atoms with Crippen LogP contribution in [0, 0.1) is 11.3 Å². The zero-order chi connectivity index (χ0) is 18.4. The molecule has 2 rings (SSSR count). The van der Waals surface area contributed by atoms with Gasteiger partial charge in [-0.1, -0.05) is 19.1 Å². The fourth-order valence-electron chi connectivity index (χ4n) is 2.09. The summed E-state index contributed by atoms with van der Waals surface area (Å²) in [6.07, 6.45) is 0.661. The van der Waals surface area contributed by atoms with E-state index in [0.717, 1.165) is 0 Å². The molecule has 0 aliphatic carbocycles. The molecule has 130 valence electrons. The Morgan fingerprint density at radius 1 is 1.20 bits per heavy atom. The molecule has 0 heterocycles. The van der Waals surface area contributed by atoms with E-state index in [1.165, 1.54) is 24.3 Å². The third kappa shape index (κ3) is 4.89. The topological polar surface area (TPSA) is 99.1 Å². The summed E-state index contributed by atoms with van der Waals surface area (Å²) in [6.45, 7) is 3.66. The van der Waals surface area contributed by atoms with Crippen molar-refractivity contribution in [1.82, 2.24) is 4.72 Å². The molecular formula is C18H19N3O3S. The van der Waals surface area contributed by atoms with E-state index in [1.807, 2.05) is 13.0 Å². The van der Waals surface area contributed by atoms with E-state index < -0.39 is 15.9 Å². The first kappa shape index (κ1) is 18.6. The highest BCUT2D eigenvalue weighted by Crippen LogP contribution is 2.15. The molecule has 0 aromatic heterocycles. The van der Waals surface area contributed by atoms with Gasteiger partial charge in [-0.3, -0.25) is 4.79 Å². The van der Waals surface area contributed by atoms with E-state index in [-0.39, 0.29) is 16.5 Å². The maximum absolute atomic E-state index is 12.4. The molecule has 2 aromatic rings. The molecule has 0 radical (unpaired) electrons. The lowest BCUT2D eigenvalue weighted by molar-refractivity contribution is 0.102. The van der Waals surface area contributed by atoms with Gasteiger partial charge in [0.15, 0.2) is 0 Å². The number of amides is 1. The maximum Gasteiger partial charge on any atom is 0.255 e. The molecule has 2 N–H and O–H groups in total. The summed E-state index contributed by atoms with van der Waals surface area (Å²) < 4.78 is 27.2. The minimum atomic E-state index is -3.68. The van der Waals surface area contributed by atoms with Crippen molar-refractivity contribution in [3.8, 4) is 6.07 Å². The second-order valence-corrected chi connectivity index (χ2v) is 7.32. The molecule has 0 aliphatic rings. The van der Waals surface area contributed by atoms with Crippen molar-refractivity contribution in [2.24, 2.45) is 0 Å². The van der Waals surface area contributed by atoms with Crippen LogP contribution in [0.3, 0.4) is 0 Å². The molecule has 7 heteroatoms. The smallest absolute Gasteiger partial charge is 0.255 e. The van der Waals surface area contributed by atoms with Crippen LogP contribution in [0.4, 0.5) is 5.69 Å². The molecule has 25 heavy (non-hydrogen) atoms. The number of carbonyl (C=O) groups is 1. The molecule has 0 saturated carbocycles. The van der Waals surface area contributed by atoms with Crippen LogP contribution in [0.1, 0.15) is 36.2 Å². The quantitative estimate of drug-likeness (QED) is 0.830. The first-order chi connectivity index (χ1) is 11.9. The number of rotatable bonds is 6. The van der Waals surface area contributed by atoms with Crippen molar-refractivity contribution in [1.29, 1.82) is 5.26 Å². The van der Waals surface area contributed by atoms with Crippen molar-refractivity contribution < 1.29 is 13.2 Å². The van der Waals surface area contributed by atoms with E-state index >= 15 is 0 Å². The van der Waals surface area contributed by atoms with Gasteiger partial charge in [-0.15, -0.1) is 0 Å². The van der Waals surface area contributed by atoms with E-state index in [0.29, 0.717) is 17.7 Å². The molecule has 1 amide bonds. The summed E-state index contributed by atoms with van der Waals surface area (Å²) in [4.78, 5) is 12.4. The molecule has 2 aromatic carbocycles. The van der Waals surface area contributed by atoms with E-state index in [4.69, 9.17) is 5.26 Å². The average Bonchev–Trinajstić information content (AvgIpc) is 2.61. The fourth-order valence-corrected chi connectivity index (χ4v) is 3.46. The Kier molecular flexibility index (Phi) is 5.91. The number of nitrogens with one attached hydrogen (secondary N) is 2. The lowest BCUT2D eigenvalue weighted by Gasteiger charge is -2.13. The molecule has 0 bridgehead atoms. The van der Waals surface area contributed by atoms with Crippen LogP contribution in [-0.2, 0) is 10.0 Å². The molecule has 1 atom stereocenters. The highest BCUT2D eigenvalue weighted by atomic mass is 32.2. The molecule has 0 fully saturated rings. The lowest BCUT2D eigenvalue weighted by Crippen LogP contribution is -2.32. The lowest BCUT2D eigenvalue weighted by atomic mass is 10.2. The van der Waals surface area contributed by atoms with Crippen molar-refractivity contribution in [2.45, 2.75) is 31.2 Å². The molecule has 0 spiro atoms. The molecular weight excluding hydrogens is 338 g/mol. The van der Waals surface area contributed by atoms with Crippen LogP contribution in [0.25, 0.3) is 0 Å². The van der Waals surface area contributed by atoms with Gasteiger partial charge in [0.25, 0.3) is 5.91 Å². The molecule has 0 saturated heterocycles. The Morgan fingerprint density at radius 2 is 1.92 bits per heavy atom. The standard InChI is InChI=1S/C18H19N3O3S/c1-3-13(2)21-25(23,24)17-9-5-7-15(11-17)18(22)20-16-8-4-6-14(10-16)12-19/h4-11,13,21H,3H2,1-2H3,(H,20,22). The summed E-state index contributed by atoms with van der Waals surface area (Å²) in [7, 11) is -3.68. The SMILES string of the molecule is CCC(C)NS(=O)(=O)c1cccc(C(=O)Nc2cccc(C#N)c2)c1. The number of hydrogen-bond donors (Lipinski definition) is 2. The summed E-state index contributed by atoms with van der Waals surface area (Å²) >= 11 is 0. The van der Waals surface area contributed by atoms with Gasteiger partial charge in [-0.05, 0) is 49.7 Å². The van der Waals surface area contributed by atoms with E-state index in [2.05, 4.69) is 10.0 Å². The van der Waals surface area contributed by atoms with Crippen LogP contribution in [0.2, 0.25) is 0 Å². The van der Waals surface area contributed by atoms with E-state index in [1.54, 1.807) is 31.2 Å². The van der Waals surface area contributed by atoms with Gasteiger partial charge < -0.3 is 5.32 Å². The zero-order valence-electron chi connectivity index (χ0n) is 14.0. The van der Waals surface area contributed by atoms with Crippen LogP contribution < -0.4 is 10.0 Å². The van der Waals surface area contributed by atoms with Crippen LogP contribution >= 0.6 is 0 Å². The maximum atomic E-state index is 12.4. The van der Waals surface area contributed by atoms with Gasteiger partial charge in [-0.2, -0.15) is 5.26 Å². The normalized spacial score (nSPS) is 12.2. The van der Waals surface area contributed by atoms with Crippen molar-refractivity contribution in [3.05, 3.63) is 59.7 Å². The number of nitrogens with zero attached hydrogens (tertiary/aromatic N) is 1. The largest absolute Gasteiger partial charge is 0.322 e. The first-order valence-electron chi connectivity index (χ1n) is 7.79. The number of nitriles is 1. The Morgan fingerprint density at radius 3 is 2.60 bits per heavy atom. The van der Waals surface area contributed by atoms with Gasteiger partial charge in [0.05, 0.1) is 16.5 Å². The first-order valence-corrected chi connectivity index (χ1v) is 9.28. The Balaban J connectivity index is 2.23. The average molecular weight is 357 g/mol. The van der Waals surface area contributed by atoms with Gasteiger partial charge in [0.2, 0.25) is 10.0 Å². The van der Waals surface area contributed by atoms with Gasteiger partial charge in [-0.25, -0.2) is 13.1 Å². The predicted octanol–water partition coefficient (Wildman–Crippen LogP) is 2.89. The third-order valence-corrected chi connectivity index (χ3v) is 5.21. The van der Waals surface area contributed by atoms with Crippen molar-refractivity contribution in [2.75, 3.05) is 5.32 Å². The van der Waals surface area contributed by atoms with Crippen LogP contribution in [0.5, 0.6) is 0 Å². The monoisotopic (exact) mass is 357 g/mol. The van der Waals surface area contributed by atoms with Crippen LogP contribution in [-0.4, -0.2) is 20.4 Å². The number of carbonyl (C=O) groups excluding carboxylic acids is 1. The second-order valence-electron chi connectivity index (χ2n) is 5.61. The molecule has 0 aliphatic heterocycles. The predicted molar refractivity (Wildman–Crippen MR) is 95.6 cm³/mol. The number of benzene rings is 2. The summed E-state index contributed by atoms with van der Waals surface area (Å²) in [5, 5.41) is 11.6. The van der Waals surface area contributed by atoms with Crippen LogP contribution in [0.15, 0.2) is 53.4 Å². The minimum Gasteiger partial charge on any atom is -0.322 e. The summed E-state index contributed by atoms with van der Waals surface area (Å²) in [5.41, 5.74) is 1.11. The number of sulfonamides is 1. The molecule has 6 nitrogen and oxygen atoms in total. The highest BCUT2D eigenvalue weighted by Gasteiger charge is 2.18.